The number of aryl methyl sites for hydroxylation is 1. The second-order valence-electron chi connectivity index (χ2n) is 8.20. The molecular weight excluding hydrogens is 462 g/mol. The van der Waals surface area contributed by atoms with Crippen LogP contribution in [0.1, 0.15) is 38.3 Å². The number of carbonyl (C=O) groups excluding carboxylic acids is 2. The van der Waals surface area contributed by atoms with Crippen LogP contribution in [0.15, 0.2) is 48.5 Å². The summed E-state index contributed by atoms with van der Waals surface area (Å²) < 4.78 is 26.3. The molecule has 0 aromatic heterocycles. The number of anilines is 1. The van der Waals surface area contributed by atoms with Gasteiger partial charge in [-0.1, -0.05) is 48.9 Å². The van der Waals surface area contributed by atoms with Crippen molar-refractivity contribution in [2.45, 2.75) is 52.7 Å². The van der Waals surface area contributed by atoms with E-state index in [0.717, 1.165) is 28.1 Å². The van der Waals surface area contributed by atoms with E-state index >= 15 is 0 Å². The highest BCUT2D eigenvalue weighted by Crippen LogP contribution is 2.23. The first-order chi connectivity index (χ1) is 15.4. The van der Waals surface area contributed by atoms with Gasteiger partial charge in [-0.3, -0.25) is 13.9 Å². The Labute approximate surface area is 201 Å². The van der Waals surface area contributed by atoms with E-state index in [0.29, 0.717) is 10.7 Å². The first kappa shape index (κ1) is 26.7. The van der Waals surface area contributed by atoms with E-state index in [-0.39, 0.29) is 18.5 Å². The Bertz CT molecular complexity index is 1070. The average Bonchev–Trinajstić information content (AvgIpc) is 2.76. The second-order valence-corrected chi connectivity index (χ2v) is 10.5. The van der Waals surface area contributed by atoms with Crippen molar-refractivity contribution in [1.29, 1.82) is 0 Å². The van der Waals surface area contributed by atoms with Gasteiger partial charge in [-0.05, 0) is 56.5 Å². The fraction of sp³-hybridized carbons (Fsp3) is 0.417. The van der Waals surface area contributed by atoms with E-state index in [2.05, 4.69) is 5.32 Å². The zero-order valence-electron chi connectivity index (χ0n) is 19.7. The van der Waals surface area contributed by atoms with Gasteiger partial charge in [0.25, 0.3) is 0 Å². The largest absolute Gasteiger partial charge is 0.352 e. The molecule has 7 nitrogen and oxygen atoms in total. The molecule has 9 heteroatoms. The second kappa shape index (κ2) is 11.5. The number of benzene rings is 2. The number of nitrogens with zero attached hydrogens (tertiary/aromatic N) is 2. The maximum Gasteiger partial charge on any atom is 0.244 e. The van der Waals surface area contributed by atoms with Gasteiger partial charge in [-0.25, -0.2) is 8.42 Å². The van der Waals surface area contributed by atoms with Crippen LogP contribution in [0.25, 0.3) is 0 Å². The minimum Gasteiger partial charge on any atom is -0.352 e. The molecule has 2 aromatic rings. The molecule has 2 amide bonds. The van der Waals surface area contributed by atoms with Crippen LogP contribution in [0.2, 0.25) is 5.02 Å². The van der Waals surface area contributed by atoms with Crippen LogP contribution < -0.4 is 9.62 Å². The molecule has 0 aliphatic carbocycles. The molecule has 180 valence electrons. The van der Waals surface area contributed by atoms with Gasteiger partial charge in [-0.2, -0.15) is 0 Å². The summed E-state index contributed by atoms with van der Waals surface area (Å²) in [6.07, 6.45) is 1.81. The summed E-state index contributed by atoms with van der Waals surface area (Å²) in [5.41, 5.74) is 1.93. The minimum absolute atomic E-state index is 0.0491. The normalized spacial score (nSPS) is 13.2. The SMILES string of the molecule is CC[C@H](C)NC(=O)[C@@H](C)N(Cc1ccc(Cl)cc1)C(=O)CN(c1ccccc1C)S(C)(=O)=O. The number of amides is 2. The van der Waals surface area contributed by atoms with Crippen LogP contribution in [-0.4, -0.2) is 50.0 Å². The number of nitrogens with one attached hydrogen (secondary N) is 1. The van der Waals surface area contributed by atoms with Crippen LogP contribution in [-0.2, 0) is 26.2 Å². The van der Waals surface area contributed by atoms with Crippen LogP contribution >= 0.6 is 11.6 Å². The van der Waals surface area contributed by atoms with E-state index in [4.69, 9.17) is 11.6 Å². The summed E-state index contributed by atoms with van der Waals surface area (Å²) in [5.74, 6) is -0.779. The van der Waals surface area contributed by atoms with Gasteiger partial charge in [0.15, 0.2) is 0 Å². The Morgan fingerprint density at radius 1 is 1.06 bits per heavy atom. The van der Waals surface area contributed by atoms with Crippen molar-refractivity contribution < 1.29 is 18.0 Å². The van der Waals surface area contributed by atoms with Gasteiger partial charge in [0, 0.05) is 17.6 Å². The number of rotatable bonds is 10. The molecule has 2 rings (SSSR count). The highest BCUT2D eigenvalue weighted by Gasteiger charge is 2.30. The van der Waals surface area contributed by atoms with Crippen LogP contribution in [0, 0.1) is 6.92 Å². The molecule has 2 atom stereocenters. The number of halogens is 1. The van der Waals surface area contributed by atoms with Crippen molar-refractivity contribution >= 4 is 39.1 Å². The lowest BCUT2D eigenvalue weighted by Crippen LogP contribution is -2.52. The summed E-state index contributed by atoms with van der Waals surface area (Å²) in [4.78, 5) is 27.7. The lowest BCUT2D eigenvalue weighted by molar-refractivity contribution is -0.139. The maximum absolute atomic E-state index is 13.5. The van der Waals surface area contributed by atoms with Gasteiger partial charge < -0.3 is 10.2 Å². The molecule has 0 fully saturated rings. The van der Waals surface area contributed by atoms with Gasteiger partial charge in [0.1, 0.15) is 12.6 Å². The zero-order chi connectivity index (χ0) is 24.8. The summed E-state index contributed by atoms with van der Waals surface area (Å²) in [6, 6.07) is 13.1. The fourth-order valence-electron chi connectivity index (χ4n) is 3.27. The molecule has 0 saturated carbocycles. The summed E-state index contributed by atoms with van der Waals surface area (Å²) in [7, 11) is -3.75. The number of carbonyl (C=O) groups is 2. The molecule has 0 radical (unpaired) electrons. The Balaban J connectivity index is 2.39. The van der Waals surface area contributed by atoms with Crippen molar-refractivity contribution in [3.63, 3.8) is 0 Å². The number of hydrogen-bond donors (Lipinski definition) is 1. The lowest BCUT2D eigenvalue weighted by Gasteiger charge is -2.32. The van der Waals surface area contributed by atoms with E-state index < -0.39 is 28.5 Å². The lowest BCUT2D eigenvalue weighted by atomic mass is 10.1. The van der Waals surface area contributed by atoms with Crippen LogP contribution in [0.3, 0.4) is 0 Å². The molecule has 0 bridgehead atoms. The standard InChI is InChI=1S/C24H32ClN3O4S/c1-6-18(3)26-24(30)19(4)27(15-20-11-13-21(25)14-12-20)23(29)16-28(33(5,31)32)22-10-8-7-9-17(22)2/h7-14,18-19H,6,15-16H2,1-5H3,(H,26,30)/t18-,19+/m0/s1. The van der Waals surface area contributed by atoms with Crippen molar-refractivity contribution in [1.82, 2.24) is 10.2 Å². The molecule has 0 aliphatic rings. The first-order valence-electron chi connectivity index (χ1n) is 10.8. The van der Waals surface area contributed by atoms with E-state index in [1.165, 1.54) is 4.90 Å². The number of hydrogen-bond acceptors (Lipinski definition) is 4. The average molecular weight is 494 g/mol. The van der Waals surface area contributed by atoms with Gasteiger partial charge >= 0.3 is 0 Å². The topological polar surface area (TPSA) is 86.8 Å². The Kier molecular flexibility index (Phi) is 9.31. The molecule has 0 heterocycles. The summed E-state index contributed by atoms with van der Waals surface area (Å²) in [5, 5.41) is 3.46. The van der Waals surface area contributed by atoms with Gasteiger partial charge in [0.05, 0.1) is 11.9 Å². The van der Waals surface area contributed by atoms with Crippen LogP contribution in [0.5, 0.6) is 0 Å². The quantitative estimate of drug-likeness (QED) is 0.546. The molecule has 0 spiro atoms. The summed E-state index contributed by atoms with van der Waals surface area (Å²) in [6.45, 7) is 6.99. The van der Waals surface area contributed by atoms with E-state index in [1.54, 1.807) is 62.4 Å². The van der Waals surface area contributed by atoms with Gasteiger partial charge in [0.2, 0.25) is 21.8 Å². The minimum atomic E-state index is -3.75. The molecule has 0 saturated heterocycles. The molecule has 0 aliphatic heterocycles. The fourth-order valence-corrected chi connectivity index (χ4v) is 4.31. The third kappa shape index (κ3) is 7.47. The van der Waals surface area contributed by atoms with Crippen molar-refractivity contribution in [2.24, 2.45) is 0 Å². The first-order valence-corrected chi connectivity index (χ1v) is 13.0. The monoisotopic (exact) mass is 493 g/mol. The Morgan fingerprint density at radius 2 is 1.67 bits per heavy atom. The Hall–Kier alpha value is -2.58. The van der Waals surface area contributed by atoms with Crippen molar-refractivity contribution in [3.05, 3.63) is 64.7 Å². The van der Waals surface area contributed by atoms with Gasteiger partial charge in [-0.15, -0.1) is 0 Å². The third-order valence-electron chi connectivity index (χ3n) is 5.50. The predicted molar refractivity (Wildman–Crippen MR) is 133 cm³/mol. The number of sulfonamides is 1. The molecule has 33 heavy (non-hydrogen) atoms. The predicted octanol–water partition coefficient (Wildman–Crippen LogP) is 3.75. The van der Waals surface area contributed by atoms with E-state index in [9.17, 15) is 18.0 Å². The maximum atomic E-state index is 13.5. The summed E-state index contributed by atoms with van der Waals surface area (Å²) >= 11 is 5.98. The molecule has 1 N–H and O–H groups in total. The number of para-hydroxylation sites is 1. The van der Waals surface area contributed by atoms with Crippen LogP contribution in [0.4, 0.5) is 5.69 Å². The smallest absolute Gasteiger partial charge is 0.244 e. The zero-order valence-corrected chi connectivity index (χ0v) is 21.3. The molecular formula is C24H32ClN3O4S. The molecule has 0 unspecified atom stereocenters. The van der Waals surface area contributed by atoms with Crippen molar-refractivity contribution in [3.8, 4) is 0 Å². The highest BCUT2D eigenvalue weighted by molar-refractivity contribution is 7.92. The van der Waals surface area contributed by atoms with Crippen molar-refractivity contribution in [2.75, 3.05) is 17.1 Å². The highest BCUT2D eigenvalue weighted by atomic mass is 35.5. The van der Waals surface area contributed by atoms with E-state index in [1.807, 2.05) is 13.8 Å². The molecule has 2 aromatic carbocycles. The Morgan fingerprint density at radius 3 is 2.21 bits per heavy atom. The third-order valence-corrected chi connectivity index (χ3v) is 6.88.